The molecule has 0 amide bonds. The Labute approximate surface area is 118 Å². The molecule has 0 heterocycles. The van der Waals surface area contributed by atoms with E-state index in [2.05, 4.69) is 0 Å². The van der Waals surface area contributed by atoms with Gasteiger partial charge in [0.2, 0.25) is 0 Å². The summed E-state index contributed by atoms with van der Waals surface area (Å²) in [6.45, 7) is 2.02. The zero-order valence-electron chi connectivity index (χ0n) is 11.5. The van der Waals surface area contributed by atoms with Crippen LogP contribution in [0.1, 0.15) is 42.1 Å². The van der Waals surface area contributed by atoms with Gasteiger partial charge in [0.25, 0.3) is 0 Å². The van der Waals surface area contributed by atoms with E-state index in [0.29, 0.717) is 24.2 Å². The van der Waals surface area contributed by atoms with E-state index in [-0.39, 0.29) is 12.4 Å². The van der Waals surface area contributed by atoms with Crippen molar-refractivity contribution in [1.29, 1.82) is 0 Å². The number of carboxylic acid groups (broad SMARTS) is 1. The molecule has 0 spiro atoms. The average Bonchev–Trinajstić information content (AvgIpc) is 2.43. The summed E-state index contributed by atoms with van der Waals surface area (Å²) in [6.07, 6.45) is 4.44. The largest absolute Gasteiger partial charge is 0.490 e. The molecule has 1 aromatic carbocycles. The maximum atomic E-state index is 11.7. The highest BCUT2D eigenvalue weighted by molar-refractivity contribution is 5.98. The molecule has 4 heteroatoms. The Morgan fingerprint density at radius 1 is 1.40 bits per heavy atom. The standard InChI is InChI=1S/C16H18O4/c1-2-11(16(18)19)8-9-20-13-6-7-14-12(10-13)4-3-5-15(14)17/h6-8,10H,2-5,9H2,1H3,(H,18,19). The summed E-state index contributed by atoms with van der Waals surface area (Å²) in [7, 11) is 0. The van der Waals surface area contributed by atoms with E-state index in [9.17, 15) is 9.59 Å². The fourth-order valence-corrected chi connectivity index (χ4v) is 2.33. The van der Waals surface area contributed by atoms with Crippen LogP contribution in [-0.4, -0.2) is 23.5 Å². The monoisotopic (exact) mass is 274 g/mol. The number of carboxylic acids is 1. The highest BCUT2D eigenvalue weighted by Gasteiger charge is 2.17. The number of ketones is 1. The first kappa shape index (κ1) is 14.3. The lowest BCUT2D eigenvalue weighted by Crippen LogP contribution is -2.10. The van der Waals surface area contributed by atoms with Gasteiger partial charge in [0.15, 0.2) is 5.78 Å². The minimum absolute atomic E-state index is 0.192. The number of ether oxygens (including phenoxy) is 1. The number of hydrogen-bond donors (Lipinski definition) is 1. The fraction of sp³-hybridized carbons (Fsp3) is 0.375. The van der Waals surface area contributed by atoms with Crippen molar-refractivity contribution in [3.05, 3.63) is 41.0 Å². The molecule has 0 radical (unpaired) electrons. The molecule has 1 aromatic rings. The maximum absolute atomic E-state index is 11.7. The predicted molar refractivity (Wildman–Crippen MR) is 75.2 cm³/mol. The molecule has 4 nitrogen and oxygen atoms in total. The van der Waals surface area contributed by atoms with Crippen LogP contribution in [0, 0.1) is 0 Å². The predicted octanol–water partition coefficient (Wildman–Crippen LogP) is 3.01. The normalized spacial score (nSPS) is 14.8. The quantitative estimate of drug-likeness (QED) is 0.838. The van der Waals surface area contributed by atoms with Crippen LogP contribution in [0.25, 0.3) is 0 Å². The Morgan fingerprint density at radius 2 is 2.20 bits per heavy atom. The summed E-state index contributed by atoms with van der Waals surface area (Å²) >= 11 is 0. The number of Topliss-reactive ketones (excluding diaryl/α,β-unsaturated/α-hetero) is 1. The van der Waals surface area contributed by atoms with Crippen LogP contribution >= 0.6 is 0 Å². The number of rotatable bonds is 5. The van der Waals surface area contributed by atoms with Gasteiger partial charge in [-0.1, -0.05) is 6.92 Å². The van der Waals surface area contributed by atoms with Gasteiger partial charge in [-0.05, 0) is 49.1 Å². The van der Waals surface area contributed by atoms with E-state index in [0.717, 1.165) is 24.0 Å². The van der Waals surface area contributed by atoms with E-state index >= 15 is 0 Å². The van der Waals surface area contributed by atoms with Crippen LogP contribution in [0.2, 0.25) is 0 Å². The number of hydrogen-bond acceptors (Lipinski definition) is 3. The molecule has 20 heavy (non-hydrogen) atoms. The lowest BCUT2D eigenvalue weighted by atomic mass is 9.91. The smallest absolute Gasteiger partial charge is 0.331 e. The minimum Gasteiger partial charge on any atom is -0.490 e. The van der Waals surface area contributed by atoms with Gasteiger partial charge >= 0.3 is 5.97 Å². The second-order valence-corrected chi connectivity index (χ2v) is 4.79. The third kappa shape index (κ3) is 3.26. The summed E-state index contributed by atoms with van der Waals surface area (Å²) in [4.78, 5) is 22.5. The molecule has 0 fully saturated rings. The van der Waals surface area contributed by atoms with Crippen LogP contribution < -0.4 is 4.74 Å². The van der Waals surface area contributed by atoms with Crippen LogP contribution in [0.4, 0.5) is 0 Å². The molecule has 0 unspecified atom stereocenters. The zero-order valence-corrected chi connectivity index (χ0v) is 11.5. The van der Waals surface area contributed by atoms with Gasteiger partial charge in [0.1, 0.15) is 12.4 Å². The Morgan fingerprint density at radius 3 is 2.90 bits per heavy atom. The highest BCUT2D eigenvalue weighted by Crippen LogP contribution is 2.25. The van der Waals surface area contributed by atoms with Gasteiger partial charge in [-0.25, -0.2) is 4.79 Å². The fourth-order valence-electron chi connectivity index (χ4n) is 2.33. The summed E-state index contributed by atoms with van der Waals surface area (Å²) < 4.78 is 5.54. The van der Waals surface area contributed by atoms with Crippen LogP contribution in [0.3, 0.4) is 0 Å². The van der Waals surface area contributed by atoms with E-state index < -0.39 is 5.97 Å². The third-order valence-corrected chi connectivity index (χ3v) is 3.46. The third-order valence-electron chi connectivity index (χ3n) is 3.46. The Bertz CT molecular complexity index is 558. The maximum Gasteiger partial charge on any atom is 0.331 e. The molecule has 0 saturated carbocycles. The van der Waals surface area contributed by atoms with Crippen molar-refractivity contribution in [1.82, 2.24) is 0 Å². The summed E-state index contributed by atoms with van der Waals surface area (Å²) in [5, 5.41) is 8.90. The van der Waals surface area contributed by atoms with E-state index in [1.54, 1.807) is 25.1 Å². The summed E-state index contributed by atoms with van der Waals surface area (Å²) in [6, 6.07) is 5.45. The van der Waals surface area contributed by atoms with Crippen molar-refractivity contribution in [2.45, 2.75) is 32.6 Å². The summed E-state index contributed by atoms with van der Waals surface area (Å²) in [5.41, 5.74) is 2.16. The highest BCUT2D eigenvalue weighted by atomic mass is 16.5. The molecule has 0 saturated heterocycles. The molecule has 1 aliphatic rings. The Balaban J connectivity index is 2.04. The molecule has 0 aromatic heterocycles. The number of aliphatic carboxylic acids is 1. The van der Waals surface area contributed by atoms with Crippen molar-refractivity contribution >= 4 is 11.8 Å². The number of carbonyl (C=O) groups excluding carboxylic acids is 1. The van der Waals surface area contributed by atoms with Crippen molar-refractivity contribution in [3.63, 3.8) is 0 Å². The number of aryl methyl sites for hydroxylation is 1. The van der Waals surface area contributed by atoms with Crippen molar-refractivity contribution in [2.75, 3.05) is 6.61 Å². The van der Waals surface area contributed by atoms with Crippen molar-refractivity contribution in [3.8, 4) is 5.75 Å². The molecule has 0 aliphatic heterocycles. The molecule has 0 atom stereocenters. The molecule has 106 valence electrons. The lowest BCUT2D eigenvalue weighted by molar-refractivity contribution is -0.132. The van der Waals surface area contributed by atoms with Crippen LogP contribution in [0.5, 0.6) is 5.75 Å². The number of benzene rings is 1. The first-order valence-electron chi connectivity index (χ1n) is 6.83. The van der Waals surface area contributed by atoms with Gasteiger partial charge in [-0.2, -0.15) is 0 Å². The second kappa shape index (κ2) is 6.37. The average molecular weight is 274 g/mol. The van der Waals surface area contributed by atoms with Gasteiger partial charge in [0, 0.05) is 17.6 Å². The second-order valence-electron chi connectivity index (χ2n) is 4.79. The van der Waals surface area contributed by atoms with Gasteiger partial charge in [-0.15, -0.1) is 0 Å². The number of fused-ring (bicyclic) bond motifs is 1. The van der Waals surface area contributed by atoms with Crippen LogP contribution in [0.15, 0.2) is 29.8 Å². The molecule has 0 bridgehead atoms. The topological polar surface area (TPSA) is 63.6 Å². The minimum atomic E-state index is -0.910. The molecular weight excluding hydrogens is 256 g/mol. The Kier molecular flexibility index (Phi) is 4.56. The van der Waals surface area contributed by atoms with Crippen LogP contribution in [-0.2, 0) is 11.2 Å². The molecule has 2 rings (SSSR count). The molecular formula is C16H18O4. The van der Waals surface area contributed by atoms with E-state index in [1.807, 2.05) is 6.07 Å². The number of carbonyl (C=O) groups is 2. The van der Waals surface area contributed by atoms with Gasteiger partial charge in [0.05, 0.1) is 0 Å². The molecule has 1 aliphatic carbocycles. The first-order valence-corrected chi connectivity index (χ1v) is 6.83. The molecule has 1 N–H and O–H groups in total. The summed E-state index contributed by atoms with van der Waals surface area (Å²) in [5.74, 6) is -0.0421. The lowest BCUT2D eigenvalue weighted by Gasteiger charge is -2.15. The first-order chi connectivity index (χ1) is 9.61. The van der Waals surface area contributed by atoms with E-state index in [4.69, 9.17) is 9.84 Å². The van der Waals surface area contributed by atoms with Crippen molar-refractivity contribution < 1.29 is 19.4 Å². The van der Waals surface area contributed by atoms with E-state index in [1.165, 1.54) is 0 Å². The SMILES string of the molecule is CCC(=CCOc1ccc2c(c1)CCCC2=O)C(=O)O. The van der Waals surface area contributed by atoms with Gasteiger partial charge in [-0.3, -0.25) is 4.79 Å². The van der Waals surface area contributed by atoms with Crippen molar-refractivity contribution in [2.24, 2.45) is 0 Å². The van der Waals surface area contributed by atoms with Gasteiger partial charge < -0.3 is 9.84 Å². The zero-order chi connectivity index (χ0) is 14.5. The Hall–Kier alpha value is -2.10.